The monoisotopic (exact) mass is 455 g/mol. The third kappa shape index (κ3) is 2.92. The number of hydrogen-bond acceptors (Lipinski definition) is 4. The molecule has 0 saturated carbocycles. The van der Waals surface area contributed by atoms with Gasteiger partial charge in [0.15, 0.2) is 0 Å². The number of rotatable bonds is 3. The molecule has 3 N–H and O–H groups in total. The number of para-hydroxylation sites is 1. The van der Waals surface area contributed by atoms with E-state index in [0.717, 1.165) is 38.7 Å². The summed E-state index contributed by atoms with van der Waals surface area (Å²) in [5.74, 6) is 0.710. The fourth-order valence-electron chi connectivity index (χ4n) is 3.20. The molecule has 1 heterocycles. The lowest BCUT2D eigenvalue weighted by molar-refractivity contribution is 0.417. The molecule has 4 aromatic rings. The van der Waals surface area contributed by atoms with Crippen LogP contribution in [0.2, 0.25) is 0 Å². The number of anilines is 3. The van der Waals surface area contributed by atoms with E-state index < -0.39 is 0 Å². The molecule has 4 nitrogen and oxygen atoms in total. The van der Waals surface area contributed by atoms with Crippen LogP contribution in [0.1, 0.15) is 5.56 Å². The van der Waals surface area contributed by atoms with E-state index in [9.17, 15) is 0 Å². The number of nitrogens with one attached hydrogen (secondary N) is 1. The fraction of sp³-hybridized carbons (Fsp3) is 0.0952. The van der Waals surface area contributed by atoms with Crippen molar-refractivity contribution in [2.75, 3.05) is 18.2 Å². The van der Waals surface area contributed by atoms with Gasteiger partial charge in [0.25, 0.3) is 0 Å². The highest BCUT2D eigenvalue weighted by Crippen LogP contribution is 2.38. The summed E-state index contributed by atoms with van der Waals surface area (Å²) in [6.07, 6.45) is 0. The Bertz CT molecular complexity index is 1140. The van der Waals surface area contributed by atoms with E-state index in [1.807, 2.05) is 36.4 Å². The zero-order valence-corrected chi connectivity index (χ0v) is 16.7. The number of aryl methyl sites for hydroxylation is 1. The summed E-state index contributed by atoms with van der Waals surface area (Å²) < 4.78 is 6.69. The lowest BCUT2D eigenvalue weighted by Gasteiger charge is -2.17. The number of halogens is 1. The zero-order valence-electron chi connectivity index (χ0n) is 14.5. The largest absolute Gasteiger partial charge is 0.494 e. The van der Waals surface area contributed by atoms with Crippen LogP contribution in [-0.2, 0) is 0 Å². The summed E-state index contributed by atoms with van der Waals surface area (Å²) in [4.78, 5) is 4.88. The molecule has 3 aromatic carbocycles. The van der Waals surface area contributed by atoms with Gasteiger partial charge in [-0.15, -0.1) is 0 Å². The Morgan fingerprint density at radius 1 is 1.04 bits per heavy atom. The minimum absolute atomic E-state index is 0.669. The van der Waals surface area contributed by atoms with Gasteiger partial charge in [-0.3, -0.25) is 0 Å². The second kappa shape index (κ2) is 6.64. The molecule has 0 spiro atoms. The SMILES string of the molecule is COc1cc(N)ccc1Nc1c2ccccc2nc2c(C)cc(I)cc12. The van der Waals surface area contributed by atoms with Gasteiger partial charge < -0.3 is 15.8 Å². The number of pyridine rings is 1. The van der Waals surface area contributed by atoms with Crippen molar-refractivity contribution in [3.63, 3.8) is 0 Å². The topological polar surface area (TPSA) is 60.2 Å². The average Bonchev–Trinajstić information content (AvgIpc) is 2.63. The molecule has 5 heteroatoms. The predicted molar refractivity (Wildman–Crippen MR) is 117 cm³/mol. The van der Waals surface area contributed by atoms with E-state index in [1.165, 1.54) is 3.57 Å². The first-order chi connectivity index (χ1) is 12.6. The number of fused-ring (bicyclic) bond motifs is 2. The van der Waals surface area contributed by atoms with Gasteiger partial charge in [0, 0.05) is 26.1 Å². The smallest absolute Gasteiger partial charge is 0.144 e. The summed E-state index contributed by atoms with van der Waals surface area (Å²) in [6, 6.07) is 18.1. The van der Waals surface area contributed by atoms with E-state index >= 15 is 0 Å². The third-order valence-electron chi connectivity index (χ3n) is 4.43. The van der Waals surface area contributed by atoms with Crippen LogP contribution in [-0.4, -0.2) is 12.1 Å². The van der Waals surface area contributed by atoms with Crippen molar-refractivity contribution in [3.05, 3.63) is 63.7 Å². The molecule has 0 radical (unpaired) electrons. The maximum Gasteiger partial charge on any atom is 0.144 e. The van der Waals surface area contributed by atoms with Gasteiger partial charge in [0.05, 0.1) is 29.5 Å². The fourth-order valence-corrected chi connectivity index (χ4v) is 3.98. The van der Waals surface area contributed by atoms with Crippen molar-refractivity contribution < 1.29 is 4.74 Å². The maximum atomic E-state index is 5.90. The highest BCUT2D eigenvalue weighted by molar-refractivity contribution is 14.1. The minimum atomic E-state index is 0.669. The molecule has 26 heavy (non-hydrogen) atoms. The van der Waals surface area contributed by atoms with Crippen molar-refractivity contribution in [3.8, 4) is 5.75 Å². The molecule has 0 atom stereocenters. The van der Waals surface area contributed by atoms with Gasteiger partial charge in [-0.2, -0.15) is 0 Å². The number of methoxy groups -OCH3 is 1. The lowest BCUT2D eigenvalue weighted by Crippen LogP contribution is -1.99. The first kappa shape index (κ1) is 16.9. The van der Waals surface area contributed by atoms with Crippen molar-refractivity contribution in [2.45, 2.75) is 6.92 Å². The highest BCUT2D eigenvalue weighted by atomic mass is 127. The number of aromatic nitrogens is 1. The van der Waals surface area contributed by atoms with Crippen molar-refractivity contribution in [1.29, 1.82) is 0 Å². The quantitative estimate of drug-likeness (QED) is 0.239. The molecular weight excluding hydrogens is 437 g/mol. The molecule has 0 aliphatic heterocycles. The molecule has 0 unspecified atom stereocenters. The van der Waals surface area contributed by atoms with Gasteiger partial charge in [-0.25, -0.2) is 4.98 Å². The number of nitrogens with two attached hydrogens (primary N) is 1. The van der Waals surface area contributed by atoms with Crippen LogP contribution in [0.5, 0.6) is 5.75 Å². The van der Waals surface area contributed by atoms with Gasteiger partial charge in [0.2, 0.25) is 0 Å². The number of hydrogen-bond donors (Lipinski definition) is 2. The van der Waals surface area contributed by atoms with Gasteiger partial charge in [-0.05, 0) is 65.4 Å². The summed E-state index contributed by atoms with van der Waals surface area (Å²) in [5.41, 5.74) is 11.6. The number of nitrogen functional groups attached to an aromatic ring is 1. The molecule has 4 rings (SSSR count). The maximum absolute atomic E-state index is 5.90. The number of benzene rings is 3. The van der Waals surface area contributed by atoms with Crippen LogP contribution in [0, 0.1) is 10.5 Å². The molecule has 0 aliphatic rings. The molecule has 0 amide bonds. The van der Waals surface area contributed by atoms with Gasteiger partial charge in [-0.1, -0.05) is 18.2 Å². The first-order valence-electron chi connectivity index (χ1n) is 8.26. The van der Waals surface area contributed by atoms with E-state index in [2.05, 4.69) is 53.0 Å². The normalized spacial score (nSPS) is 11.0. The number of ether oxygens (including phenoxy) is 1. The summed E-state index contributed by atoms with van der Waals surface area (Å²) >= 11 is 2.35. The standard InChI is InChI=1S/C21H18IN3O/c1-12-9-13(22)10-16-20(12)24-17-6-4-3-5-15(17)21(16)25-18-8-7-14(23)11-19(18)26-2/h3-11H,23H2,1-2H3,(H,24,25). The van der Waals surface area contributed by atoms with Gasteiger partial charge in [0.1, 0.15) is 5.75 Å². The molecule has 130 valence electrons. The summed E-state index contributed by atoms with van der Waals surface area (Å²) in [7, 11) is 1.65. The van der Waals surface area contributed by atoms with E-state index in [-0.39, 0.29) is 0 Å². The Kier molecular flexibility index (Phi) is 4.32. The van der Waals surface area contributed by atoms with Crippen LogP contribution >= 0.6 is 22.6 Å². The van der Waals surface area contributed by atoms with E-state index in [1.54, 1.807) is 7.11 Å². The Morgan fingerprint density at radius 2 is 1.85 bits per heavy atom. The Morgan fingerprint density at radius 3 is 2.65 bits per heavy atom. The molecular formula is C21H18IN3O. The third-order valence-corrected chi connectivity index (χ3v) is 5.05. The van der Waals surface area contributed by atoms with Crippen molar-refractivity contribution in [2.24, 2.45) is 0 Å². The van der Waals surface area contributed by atoms with E-state index in [0.29, 0.717) is 11.4 Å². The summed E-state index contributed by atoms with van der Waals surface area (Å²) in [6.45, 7) is 2.10. The van der Waals surface area contributed by atoms with E-state index in [4.69, 9.17) is 15.5 Å². The second-order valence-electron chi connectivity index (χ2n) is 6.21. The van der Waals surface area contributed by atoms with Crippen LogP contribution < -0.4 is 15.8 Å². The Hall–Kier alpha value is -2.54. The van der Waals surface area contributed by atoms with Crippen molar-refractivity contribution in [1.82, 2.24) is 4.98 Å². The zero-order chi connectivity index (χ0) is 18.3. The first-order valence-corrected chi connectivity index (χ1v) is 9.34. The summed E-state index contributed by atoms with van der Waals surface area (Å²) in [5, 5.41) is 5.73. The van der Waals surface area contributed by atoms with Gasteiger partial charge >= 0.3 is 0 Å². The minimum Gasteiger partial charge on any atom is -0.494 e. The van der Waals surface area contributed by atoms with Crippen LogP contribution in [0.4, 0.5) is 17.1 Å². The number of nitrogens with zero attached hydrogens (tertiary/aromatic N) is 1. The highest BCUT2D eigenvalue weighted by Gasteiger charge is 2.13. The van der Waals surface area contributed by atoms with Crippen LogP contribution in [0.3, 0.4) is 0 Å². The van der Waals surface area contributed by atoms with Crippen LogP contribution in [0.25, 0.3) is 21.8 Å². The predicted octanol–water partition coefficient (Wildman–Crippen LogP) is 5.64. The Balaban J connectivity index is 2.03. The molecule has 0 bridgehead atoms. The molecule has 0 saturated heterocycles. The van der Waals surface area contributed by atoms with Crippen molar-refractivity contribution >= 4 is 61.5 Å². The lowest BCUT2D eigenvalue weighted by atomic mass is 10.0. The molecule has 1 aromatic heterocycles. The molecule has 0 aliphatic carbocycles. The second-order valence-corrected chi connectivity index (χ2v) is 7.45. The average molecular weight is 455 g/mol. The van der Waals surface area contributed by atoms with Crippen LogP contribution in [0.15, 0.2) is 54.6 Å². The molecule has 0 fully saturated rings. The Labute approximate surface area is 165 Å².